The number of aryl methyl sites for hydroxylation is 1. The third kappa shape index (κ3) is 7.99. The summed E-state index contributed by atoms with van der Waals surface area (Å²) in [5.41, 5.74) is 2.10. The third-order valence-electron chi connectivity index (χ3n) is 3.57. The first-order valence-corrected chi connectivity index (χ1v) is 7.95. The molecular formula is C19H25ClN2O2. The largest absolute Gasteiger partial charge is 0.448 e. The van der Waals surface area contributed by atoms with Crippen molar-refractivity contribution >= 4 is 24.2 Å². The Kier molecular flexibility index (Phi) is 9.58. The van der Waals surface area contributed by atoms with Crippen LogP contribution < -0.4 is 5.32 Å². The lowest BCUT2D eigenvalue weighted by molar-refractivity contribution is 0.146. The summed E-state index contributed by atoms with van der Waals surface area (Å²) in [4.78, 5) is 13.8. The fourth-order valence-electron chi connectivity index (χ4n) is 2.28. The Labute approximate surface area is 150 Å². The summed E-state index contributed by atoms with van der Waals surface area (Å²) >= 11 is 0. The molecule has 24 heavy (non-hydrogen) atoms. The molecule has 0 aliphatic rings. The molecule has 0 fully saturated rings. The molecule has 1 amide bonds. The van der Waals surface area contributed by atoms with Crippen LogP contribution >= 0.6 is 12.4 Å². The number of amides is 1. The van der Waals surface area contributed by atoms with Crippen LogP contribution in [0.25, 0.3) is 0 Å². The van der Waals surface area contributed by atoms with E-state index >= 15 is 0 Å². The molecule has 0 saturated heterocycles. The SMILES string of the molecule is CN(CCCc1ccccc1)CCOC(=O)Nc1ccccc1.Cl. The van der Waals surface area contributed by atoms with E-state index in [2.05, 4.69) is 34.5 Å². The van der Waals surface area contributed by atoms with E-state index in [0.717, 1.165) is 31.6 Å². The monoisotopic (exact) mass is 348 g/mol. The molecule has 0 atom stereocenters. The highest BCUT2D eigenvalue weighted by molar-refractivity contribution is 5.85. The van der Waals surface area contributed by atoms with Crippen LogP contribution in [-0.4, -0.2) is 37.7 Å². The summed E-state index contributed by atoms with van der Waals surface area (Å²) in [6, 6.07) is 19.8. The standard InChI is InChI=1S/C19H24N2O2.ClH/c1-21(14-8-11-17-9-4-2-5-10-17)15-16-23-19(22)20-18-12-6-3-7-13-18;/h2-7,9-10,12-13H,8,11,14-16H2,1H3,(H,20,22);1H. The van der Waals surface area contributed by atoms with Crippen molar-refractivity contribution in [2.24, 2.45) is 0 Å². The number of carbonyl (C=O) groups excluding carboxylic acids is 1. The smallest absolute Gasteiger partial charge is 0.411 e. The number of nitrogens with zero attached hydrogens (tertiary/aromatic N) is 1. The zero-order valence-electron chi connectivity index (χ0n) is 14.0. The second-order valence-corrected chi connectivity index (χ2v) is 5.52. The Morgan fingerprint density at radius 1 is 1.00 bits per heavy atom. The first-order chi connectivity index (χ1) is 11.2. The van der Waals surface area contributed by atoms with Crippen molar-refractivity contribution < 1.29 is 9.53 Å². The van der Waals surface area contributed by atoms with E-state index in [-0.39, 0.29) is 12.4 Å². The van der Waals surface area contributed by atoms with Crippen LogP contribution in [0.3, 0.4) is 0 Å². The molecule has 2 aromatic carbocycles. The minimum absolute atomic E-state index is 0. The second-order valence-electron chi connectivity index (χ2n) is 5.52. The molecule has 2 rings (SSSR count). The van der Waals surface area contributed by atoms with Crippen LogP contribution in [0.15, 0.2) is 60.7 Å². The Morgan fingerprint density at radius 2 is 1.62 bits per heavy atom. The number of hydrogen-bond donors (Lipinski definition) is 1. The van der Waals surface area contributed by atoms with Crippen LogP contribution in [-0.2, 0) is 11.2 Å². The van der Waals surface area contributed by atoms with Crippen LogP contribution in [0.1, 0.15) is 12.0 Å². The summed E-state index contributed by atoms with van der Waals surface area (Å²) in [5, 5.41) is 2.70. The van der Waals surface area contributed by atoms with E-state index in [1.165, 1.54) is 5.56 Å². The second kappa shape index (κ2) is 11.5. The van der Waals surface area contributed by atoms with Gasteiger partial charge in [-0.15, -0.1) is 12.4 Å². The van der Waals surface area contributed by atoms with Crippen molar-refractivity contribution in [1.82, 2.24) is 4.90 Å². The Morgan fingerprint density at radius 3 is 2.29 bits per heavy atom. The fourth-order valence-corrected chi connectivity index (χ4v) is 2.28. The maximum Gasteiger partial charge on any atom is 0.411 e. The van der Waals surface area contributed by atoms with Crippen LogP contribution in [0, 0.1) is 0 Å². The minimum Gasteiger partial charge on any atom is -0.448 e. The molecule has 0 aliphatic carbocycles. The van der Waals surface area contributed by atoms with Crippen molar-refractivity contribution in [1.29, 1.82) is 0 Å². The molecule has 130 valence electrons. The molecule has 4 nitrogen and oxygen atoms in total. The third-order valence-corrected chi connectivity index (χ3v) is 3.57. The van der Waals surface area contributed by atoms with E-state index in [0.29, 0.717) is 6.61 Å². The molecule has 5 heteroatoms. The van der Waals surface area contributed by atoms with E-state index in [9.17, 15) is 4.79 Å². The fraction of sp³-hybridized carbons (Fsp3) is 0.316. The molecule has 1 N–H and O–H groups in total. The van der Waals surface area contributed by atoms with Crippen LogP contribution in [0.4, 0.5) is 10.5 Å². The molecular weight excluding hydrogens is 324 g/mol. The van der Waals surface area contributed by atoms with Gasteiger partial charge in [0.2, 0.25) is 0 Å². The van der Waals surface area contributed by atoms with E-state index in [1.807, 2.05) is 43.4 Å². The van der Waals surface area contributed by atoms with Gasteiger partial charge in [0.25, 0.3) is 0 Å². The van der Waals surface area contributed by atoms with Gasteiger partial charge in [0.15, 0.2) is 0 Å². The molecule has 0 aromatic heterocycles. The highest BCUT2D eigenvalue weighted by Crippen LogP contribution is 2.05. The van der Waals surface area contributed by atoms with Crippen molar-refractivity contribution in [2.45, 2.75) is 12.8 Å². The molecule has 0 aliphatic heterocycles. The zero-order valence-corrected chi connectivity index (χ0v) is 14.8. The average Bonchev–Trinajstić information content (AvgIpc) is 2.57. The predicted octanol–water partition coefficient (Wildman–Crippen LogP) is 4.22. The van der Waals surface area contributed by atoms with E-state index in [1.54, 1.807) is 0 Å². The van der Waals surface area contributed by atoms with Gasteiger partial charge in [0, 0.05) is 12.2 Å². The lowest BCUT2D eigenvalue weighted by Crippen LogP contribution is -2.26. The van der Waals surface area contributed by atoms with Gasteiger partial charge in [-0.3, -0.25) is 5.32 Å². The average molecular weight is 349 g/mol. The minimum atomic E-state index is -0.408. The number of carbonyl (C=O) groups is 1. The Hall–Kier alpha value is -2.04. The maximum absolute atomic E-state index is 11.6. The molecule has 2 aromatic rings. The van der Waals surface area contributed by atoms with Gasteiger partial charge < -0.3 is 9.64 Å². The summed E-state index contributed by atoms with van der Waals surface area (Å²) < 4.78 is 5.19. The maximum atomic E-state index is 11.6. The summed E-state index contributed by atoms with van der Waals surface area (Å²) in [5.74, 6) is 0. The first kappa shape index (κ1) is 20.0. The summed E-state index contributed by atoms with van der Waals surface area (Å²) in [6.45, 7) is 2.11. The number of hydrogen-bond acceptors (Lipinski definition) is 3. The molecule has 0 saturated carbocycles. The van der Waals surface area contributed by atoms with Crippen molar-refractivity contribution in [3.8, 4) is 0 Å². The number of rotatable bonds is 8. The zero-order chi connectivity index (χ0) is 16.3. The van der Waals surface area contributed by atoms with E-state index < -0.39 is 6.09 Å². The van der Waals surface area contributed by atoms with Crippen LogP contribution in [0.5, 0.6) is 0 Å². The van der Waals surface area contributed by atoms with Gasteiger partial charge in [-0.25, -0.2) is 4.79 Å². The first-order valence-electron chi connectivity index (χ1n) is 7.95. The van der Waals surface area contributed by atoms with Crippen molar-refractivity contribution in [3.63, 3.8) is 0 Å². The highest BCUT2D eigenvalue weighted by Gasteiger charge is 2.04. The quantitative estimate of drug-likeness (QED) is 0.776. The lowest BCUT2D eigenvalue weighted by Gasteiger charge is -2.16. The van der Waals surface area contributed by atoms with Gasteiger partial charge in [0.1, 0.15) is 6.61 Å². The number of para-hydroxylation sites is 1. The number of ether oxygens (including phenoxy) is 1. The van der Waals surface area contributed by atoms with Gasteiger partial charge >= 0.3 is 6.09 Å². The predicted molar refractivity (Wildman–Crippen MR) is 101 cm³/mol. The number of nitrogens with one attached hydrogen (secondary N) is 1. The number of halogens is 1. The molecule has 0 spiro atoms. The van der Waals surface area contributed by atoms with Gasteiger partial charge in [-0.05, 0) is 44.1 Å². The summed E-state index contributed by atoms with van der Waals surface area (Å²) in [7, 11) is 2.05. The number of benzene rings is 2. The van der Waals surface area contributed by atoms with Gasteiger partial charge in [0.05, 0.1) is 0 Å². The number of likely N-dealkylation sites (N-methyl/N-ethyl adjacent to an activating group) is 1. The Balaban J connectivity index is 0.00000288. The Bertz CT molecular complexity index is 578. The van der Waals surface area contributed by atoms with Crippen molar-refractivity contribution in [2.75, 3.05) is 32.1 Å². The molecule has 0 heterocycles. The van der Waals surface area contributed by atoms with Gasteiger partial charge in [-0.2, -0.15) is 0 Å². The number of anilines is 1. The lowest BCUT2D eigenvalue weighted by atomic mass is 10.1. The van der Waals surface area contributed by atoms with Gasteiger partial charge in [-0.1, -0.05) is 48.5 Å². The normalized spacial score (nSPS) is 10.1. The summed E-state index contributed by atoms with van der Waals surface area (Å²) in [6.07, 6.45) is 1.76. The molecule has 0 unspecified atom stereocenters. The highest BCUT2D eigenvalue weighted by atomic mass is 35.5. The topological polar surface area (TPSA) is 41.6 Å². The molecule has 0 radical (unpaired) electrons. The van der Waals surface area contributed by atoms with Crippen LogP contribution in [0.2, 0.25) is 0 Å². The van der Waals surface area contributed by atoms with E-state index in [4.69, 9.17) is 4.74 Å². The molecule has 0 bridgehead atoms. The van der Waals surface area contributed by atoms with Crippen molar-refractivity contribution in [3.05, 3.63) is 66.2 Å².